The Balaban J connectivity index is 1.96. The van der Waals surface area contributed by atoms with Crippen LogP contribution in [-0.2, 0) is 0 Å². The van der Waals surface area contributed by atoms with Gasteiger partial charge in [0.2, 0.25) is 0 Å². The quantitative estimate of drug-likeness (QED) is 0.752. The van der Waals surface area contributed by atoms with Crippen LogP contribution in [0.4, 0.5) is 11.5 Å². The number of aromatic nitrogens is 2. The number of fused-ring (bicyclic) bond motifs is 1. The van der Waals surface area contributed by atoms with Gasteiger partial charge in [0.15, 0.2) is 0 Å². The van der Waals surface area contributed by atoms with Gasteiger partial charge in [-0.25, -0.2) is 4.98 Å². The normalized spacial score (nSPS) is 10.6. The van der Waals surface area contributed by atoms with E-state index in [1.54, 1.807) is 6.20 Å². The Morgan fingerprint density at radius 3 is 2.63 bits per heavy atom. The highest BCUT2D eigenvalue weighted by Crippen LogP contribution is 2.25. The number of anilines is 2. The Labute approximate surface area is 116 Å². The van der Waals surface area contributed by atoms with Crippen molar-refractivity contribution in [1.29, 1.82) is 0 Å². The third-order valence-electron chi connectivity index (χ3n) is 2.84. The van der Waals surface area contributed by atoms with Gasteiger partial charge in [-0.3, -0.25) is 4.98 Å². The summed E-state index contributed by atoms with van der Waals surface area (Å²) < 4.78 is 0. The molecule has 0 saturated carbocycles. The maximum atomic E-state index is 6.19. The largest absolute Gasteiger partial charge is 0.338 e. The molecule has 1 N–H and O–H groups in total. The van der Waals surface area contributed by atoms with Crippen LogP contribution in [0.2, 0.25) is 5.02 Å². The summed E-state index contributed by atoms with van der Waals surface area (Å²) >= 11 is 6.19. The van der Waals surface area contributed by atoms with Crippen LogP contribution in [0.1, 0.15) is 5.56 Å². The molecule has 19 heavy (non-hydrogen) atoms. The molecule has 0 saturated heterocycles. The van der Waals surface area contributed by atoms with Crippen LogP contribution in [0.15, 0.2) is 48.7 Å². The van der Waals surface area contributed by atoms with E-state index in [0.717, 1.165) is 22.3 Å². The molecule has 0 amide bonds. The van der Waals surface area contributed by atoms with Gasteiger partial charge in [0.05, 0.1) is 27.9 Å². The minimum atomic E-state index is 0.676. The molecule has 0 fully saturated rings. The van der Waals surface area contributed by atoms with Gasteiger partial charge in [0.1, 0.15) is 5.82 Å². The van der Waals surface area contributed by atoms with Gasteiger partial charge in [0.25, 0.3) is 0 Å². The number of halogens is 1. The number of hydrogen-bond acceptors (Lipinski definition) is 3. The van der Waals surface area contributed by atoms with Crippen LogP contribution in [0.3, 0.4) is 0 Å². The fourth-order valence-corrected chi connectivity index (χ4v) is 2.16. The Morgan fingerprint density at radius 2 is 1.84 bits per heavy atom. The Bertz CT molecular complexity index is 740. The molecule has 94 valence electrons. The van der Waals surface area contributed by atoms with E-state index < -0.39 is 0 Å². The first-order valence-electron chi connectivity index (χ1n) is 5.97. The van der Waals surface area contributed by atoms with Crippen molar-refractivity contribution < 1.29 is 0 Å². The SMILES string of the molecule is Cc1ccc(Nc2cnc3ccccc3n2)c(Cl)c1. The minimum Gasteiger partial charge on any atom is -0.338 e. The third-order valence-corrected chi connectivity index (χ3v) is 3.15. The fraction of sp³-hybridized carbons (Fsp3) is 0.0667. The molecule has 3 rings (SSSR count). The van der Waals surface area contributed by atoms with E-state index in [2.05, 4.69) is 15.3 Å². The average Bonchev–Trinajstić information content (AvgIpc) is 2.42. The van der Waals surface area contributed by atoms with E-state index in [-0.39, 0.29) is 0 Å². The van der Waals surface area contributed by atoms with Gasteiger partial charge in [-0.1, -0.05) is 29.8 Å². The van der Waals surface area contributed by atoms with Crippen LogP contribution >= 0.6 is 11.6 Å². The molecule has 4 heteroatoms. The number of nitrogens with zero attached hydrogens (tertiary/aromatic N) is 2. The summed E-state index contributed by atoms with van der Waals surface area (Å²) in [6, 6.07) is 13.6. The summed E-state index contributed by atoms with van der Waals surface area (Å²) in [5, 5.41) is 3.86. The first-order valence-corrected chi connectivity index (χ1v) is 6.35. The van der Waals surface area contributed by atoms with Crippen molar-refractivity contribution in [3.05, 3.63) is 59.2 Å². The summed E-state index contributed by atoms with van der Waals surface area (Å²) in [6.45, 7) is 2.01. The molecule has 0 aliphatic rings. The predicted octanol–water partition coefficient (Wildman–Crippen LogP) is 4.34. The molecule has 3 aromatic rings. The van der Waals surface area contributed by atoms with Crippen LogP contribution < -0.4 is 5.32 Å². The summed E-state index contributed by atoms with van der Waals surface area (Å²) in [5.41, 5.74) is 3.69. The van der Waals surface area contributed by atoms with Crippen LogP contribution in [-0.4, -0.2) is 9.97 Å². The molecule has 0 unspecified atom stereocenters. The second-order valence-corrected chi connectivity index (χ2v) is 4.76. The second-order valence-electron chi connectivity index (χ2n) is 4.35. The molecule has 1 heterocycles. The monoisotopic (exact) mass is 269 g/mol. The highest BCUT2D eigenvalue weighted by atomic mass is 35.5. The zero-order valence-electron chi connectivity index (χ0n) is 10.4. The lowest BCUT2D eigenvalue weighted by Gasteiger charge is -2.08. The van der Waals surface area contributed by atoms with Gasteiger partial charge in [-0.15, -0.1) is 0 Å². The third kappa shape index (κ3) is 2.51. The Kier molecular flexibility index (Phi) is 3.05. The minimum absolute atomic E-state index is 0.676. The molecular weight excluding hydrogens is 258 g/mol. The van der Waals surface area contributed by atoms with Gasteiger partial charge in [-0.2, -0.15) is 0 Å². The lowest BCUT2D eigenvalue weighted by Crippen LogP contribution is -1.96. The maximum Gasteiger partial charge on any atom is 0.149 e. The van der Waals surface area contributed by atoms with E-state index in [1.807, 2.05) is 49.4 Å². The van der Waals surface area contributed by atoms with E-state index in [4.69, 9.17) is 11.6 Å². The molecule has 1 aromatic heterocycles. The smallest absolute Gasteiger partial charge is 0.149 e. The van der Waals surface area contributed by atoms with Crippen molar-refractivity contribution in [3.63, 3.8) is 0 Å². The number of nitrogens with one attached hydrogen (secondary N) is 1. The standard InChI is InChI=1S/C15H12ClN3/c1-10-6-7-12(11(16)8-10)18-15-9-17-13-4-2-3-5-14(13)19-15/h2-9H,1H3,(H,18,19). The van der Waals surface area contributed by atoms with Crippen molar-refractivity contribution in [1.82, 2.24) is 9.97 Å². The number of rotatable bonds is 2. The molecule has 0 aliphatic carbocycles. The first kappa shape index (κ1) is 11.9. The van der Waals surface area contributed by atoms with Crippen molar-refractivity contribution in [2.45, 2.75) is 6.92 Å². The summed E-state index contributed by atoms with van der Waals surface area (Å²) in [6.07, 6.45) is 1.71. The first-order chi connectivity index (χ1) is 9.22. The number of hydrogen-bond donors (Lipinski definition) is 1. The van der Waals surface area contributed by atoms with Crippen molar-refractivity contribution in [2.75, 3.05) is 5.32 Å². The zero-order valence-corrected chi connectivity index (χ0v) is 11.1. The lowest BCUT2D eigenvalue weighted by atomic mass is 10.2. The van der Waals surface area contributed by atoms with Crippen molar-refractivity contribution >= 4 is 34.1 Å². The van der Waals surface area contributed by atoms with Crippen LogP contribution in [0.5, 0.6) is 0 Å². The molecule has 0 bridgehead atoms. The zero-order chi connectivity index (χ0) is 13.2. The molecule has 0 spiro atoms. The van der Waals surface area contributed by atoms with Gasteiger partial charge in [0, 0.05) is 0 Å². The van der Waals surface area contributed by atoms with E-state index >= 15 is 0 Å². The lowest BCUT2D eigenvalue weighted by molar-refractivity contribution is 1.28. The molecule has 3 nitrogen and oxygen atoms in total. The van der Waals surface area contributed by atoms with Crippen molar-refractivity contribution in [2.24, 2.45) is 0 Å². The van der Waals surface area contributed by atoms with Crippen LogP contribution in [0.25, 0.3) is 11.0 Å². The van der Waals surface area contributed by atoms with Crippen molar-refractivity contribution in [3.8, 4) is 0 Å². The fourth-order valence-electron chi connectivity index (χ4n) is 1.88. The molecular formula is C15H12ClN3. The van der Waals surface area contributed by atoms with Gasteiger partial charge >= 0.3 is 0 Å². The highest BCUT2D eigenvalue weighted by molar-refractivity contribution is 6.33. The Hall–Kier alpha value is -2.13. The predicted molar refractivity (Wildman–Crippen MR) is 79.0 cm³/mol. The Morgan fingerprint density at radius 1 is 1.05 bits per heavy atom. The van der Waals surface area contributed by atoms with E-state index in [1.165, 1.54) is 0 Å². The number of benzene rings is 2. The maximum absolute atomic E-state index is 6.19. The summed E-state index contributed by atoms with van der Waals surface area (Å²) in [4.78, 5) is 8.86. The van der Waals surface area contributed by atoms with Gasteiger partial charge < -0.3 is 5.32 Å². The average molecular weight is 270 g/mol. The van der Waals surface area contributed by atoms with E-state index in [0.29, 0.717) is 10.8 Å². The summed E-state index contributed by atoms with van der Waals surface area (Å²) in [7, 11) is 0. The second kappa shape index (κ2) is 4.86. The highest BCUT2D eigenvalue weighted by Gasteiger charge is 2.03. The number of para-hydroxylation sites is 2. The molecule has 0 aliphatic heterocycles. The number of aryl methyl sites for hydroxylation is 1. The molecule has 2 aromatic carbocycles. The van der Waals surface area contributed by atoms with Crippen LogP contribution in [0, 0.1) is 6.92 Å². The van der Waals surface area contributed by atoms with Gasteiger partial charge in [-0.05, 0) is 36.8 Å². The molecule has 0 atom stereocenters. The van der Waals surface area contributed by atoms with E-state index in [9.17, 15) is 0 Å². The molecule has 0 radical (unpaired) electrons. The topological polar surface area (TPSA) is 37.8 Å². The summed E-state index contributed by atoms with van der Waals surface area (Å²) in [5.74, 6) is 0.685.